The molecule has 0 amide bonds. The first-order valence-electron chi connectivity index (χ1n) is 4.81. The fourth-order valence-electron chi connectivity index (χ4n) is 1.52. The zero-order chi connectivity index (χ0) is 8.69. The number of rotatable bonds is 6. The first kappa shape index (κ1) is 16.2. The molecule has 0 aliphatic rings. The van der Waals surface area contributed by atoms with E-state index in [9.17, 15) is 0 Å². The van der Waals surface area contributed by atoms with Gasteiger partial charge < -0.3 is 5.32 Å². The minimum Gasteiger partial charge on any atom is -0.665 e. The molecule has 2 heteroatoms. The van der Waals surface area contributed by atoms with Crippen molar-refractivity contribution in [3.63, 3.8) is 0 Å². The molecule has 0 aliphatic carbocycles. The van der Waals surface area contributed by atoms with E-state index in [1.165, 1.54) is 19.3 Å². The largest absolute Gasteiger partial charge is 1.00 e. The molecule has 2 atom stereocenters. The van der Waals surface area contributed by atoms with Crippen molar-refractivity contribution < 1.29 is 58.2 Å². The summed E-state index contributed by atoms with van der Waals surface area (Å²) in [6, 6.07) is 0. The van der Waals surface area contributed by atoms with Gasteiger partial charge >= 0.3 is 58.2 Å². The molecule has 12 heavy (non-hydrogen) atoms. The van der Waals surface area contributed by atoms with E-state index < -0.39 is 0 Å². The zero-order valence-corrected chi connectivity index (χ0v) is 14.3. The Morgan fingerprint density at radius 2 is 1.75 bits per heavy atom. The Hall–Kier alpha value is 1.77. The summed E-state index contributed by atoms with van der Waals surface area (Å²) < 4.78 is 0. The summed E-state index contributed by atoms with van der Waals surface area (Å²) in [6.45, 7) is 7.95. The van der Waals surface area contributed by atoms with Gasteiger partial charge in [0.05, 0.1) is 0 Å². The monoisotopic (exact) mass is 241 g/mol. The van der Waals surface area contributed by atoms with E-state index in [2.05, 4.69) is 26.1 Å². The molecule has 0 aromatic carbocycles. The van der Waals surface area contributed by atoms with Crippen LogP contribution in [0.3, 0.4) is 0 Å². The minimum atomic E-state index is 0. The van der Waals surface area contributed by atoms with Crippen molar-refractivity contribution in [3.8, 4) is 0 Å². The van der Waals surface area contributed by atoms with Gasteiger partial charge in [-0.25, -0.2) is 0 Å². The van der Waals surface area contributed by atoms with E-state index in [-0.39, 0.29) is 58.2 Å². The van der Waals surface area contributed by atoms with Crippen LogP contribution in [0.1, 0.15) is 40.0 Å². The molecular weight excluding hydrogens is 220 g/mol. The van der Waals surface area contributed by atoms with Crippen molar-refractivity contribution in [1.82, 2.24) is 0 Å². The number of nitrogens with zero attached hydrogens (tertiary/aromatic N) is 1. The summed E-state index contributed by atoms with van der Waals surface area (Å²) in [5, 5.41) is 4.14. The van der Waals surface area contributed by atoms with Gasteiger partial charge in [-0.1, -0.05) is 40.0 Å². The first-order valence-corrected chi connectivity index (χ1v) is 4.81. The Morgan fingerprint density at radius 3 is 2.08 bits per heavy atom. The second-order valence-corrected chi connectivity index (χ2v) is 3.38. The molecule has 0 N–H and O–H groups in total. The van der Waals surface area contributed by atoms with Crippen LogP contribution in [0, 0.1) is 11.8 Å². The van der Waals surface area contributed by atoms with Gasteiger partial charge in [-0.05, 0) is 11.8 Å². The van der Waals surface area contributed by atoms with Crippen LogP contribution < -0.4 is 58.2 Å². The second-order valence-electron chi connectivity index (χ2n) is 3.38. The summed E-state index contributed by atoms with van der Waals surface area (Å²) in [5.41, 5.74) is 0. The molecule has 0 fully saturated rings. The van der Waals surface area contributed by atoms with Crippen molar-refractivity contribution in [2.24, 2.45) is 11.8 Å². The summed E-state index contributed by atoms with van der Waals surface area (Å²) in [6.07, 6.45) is 3.90. The average Bonchev–Trinajstić information content (AvgIpc) is 2.05. The fraction of sp³-hybridized carbons (Fsp3) is 1.00. The first-order chi connectivity index (χ1) is 5.26. The standard InChI is InChI=1S/C10H22N.Rb/c1-5-9(3)10(6-2)7-8-11-4;/h9-10H,5-8H2,1-4H3;/q-1;+1. The predicted octanol–water partition coefficient (Wildman–Crippen LogP) is 0.456. The Bertz CT molecular complexity index is 85.9. The van der Waals surface area contributed by atoms with E-state index in [1.807, 2.05) is 7.05 Å². The topological polar surface area (TPSA) is 14.1 Å². The summed E-state index contributed by atoms with van der Waals surface area (Å²) in [5.74, 6) is 1.77. The van der Waals surface area contributed by atoms with E-state index in [4.69, 9.17) is 0 Å². The number of hydrogen-bond acceptors (Lipinski definition) is 0. The molecule has 0 heterocycles. The normalized spacial score (nSPS) is 15.0. The van der Waals surface area contributed by atoms with Crippen LogP contribution in [-0.2, 0) is 0 Å². The van der Waals surface area contributed by atoms with Crippen LogP contribution in [-0.4, -0.2) is 13.6 Å². The Balaban J connectivity index is 0. The maximum Gasteiger partial charge on any atom is 1.00 e. The molecule has 0 spiro atoms. The third-order valence-electron chi connectivity index (χ3n) is 2.70. The Labute approximate surface area is 127 Å². The average molecular weight is 242 g/mol. The molecule has 68 valence electrons. The third-order valence-corrected chi connectivity index (χ3v) is 2.70. The molecule has 0 radical (unpaired) electrons. The minimum absolute atomic E-state index is 0. The molecule has 0 saturated carbocycles. The fourth-order valence-corrected chi connectivity index (χ4v) is 1.52. The van der Waals surface area contributed by atoms with Crippen LogP contribution in [0.5, 0.6) is 0 Å². The summed E-state index contributed by atoms with van der Waals surface area (Å²) >= 11 is 0. The van der Waals surface area contributed by atoms with Crippen LogP contribution in [0.15, 0.2) is 0 Å². The second kappa shape index (κ2) is 10.8. The van der Waals surface area contributed by atoms with Gasteiger partial charge in [0.15, 0.2) is 0 Å². The summed E-state index contributed by atoms with van der Waals surface area (Å²) in [4.78, 5) is 0. The Kier molecular flexibility index (Phi) is 14.6. The van der Waals surface area contributed by atoms with E-state index >= 15 is 0 Å². The van der Waals surface area contributed by atoms with Crippen molar-refractivity contribution in [2.45, 2.75) is 40.0 Å². The zero-order valence-electron chi connectivity index (χ0n) is 9.43. The van der Waals surface area contributed by atoms with E-state index in [0.29, 0.717) is 0 Å². The van der Waals surface area contributed by atoms with Crippen LogP contribution in [0.25, 0.3) is 5.32 Å². The van der Waals surface area contributed by atoms with Crippen LogP contribution >= 0.6 is 0 Å². The van der Waals surface area contributed by atoms with Crippen molar-refractivity contribution in [3.05, 3.63) is 5.32 Å². The van der Waals surface area contributed by atoms with Gasteiger partial charge in [0.2, 0.25) is 0 Å². The van der Waals surface area contributed by atoms with Crippen LogP contribution in [0.2, 0.25) is 0 Å². The van der Waals surface area contributed by atoms with Crippen molar-refractivity contribution in [1.29, 1.82) is 0 Å². The molecule has 1 nitrogen and oxygen atoms in total. The van der Waals surface area contributed by atoms with Gasteiger partial charge in [0, 0.05) is 0 Å². The van der Waals surface area contributed by atoms with E-state index in [1.54, 1.807) is 0 Å². The molecule has 0 aromatic rings. The summed E-state index contributed by atoms with van der Waals surface area (Å²) in [7, 11) is 1.91. The third kappa shape index (κ3) is 7.20. The molecule has 0 bridgehead atoms. The van der Waals surface area contributed by atoms with Gasteiger partial charge in [-0.15, -0.1) is 6.54 Å². The molecule has 0 aromatic heterocycles. The Morgan fingerprint density at radius 1 is 1.17 bits per heavy atom. The van der Waals surface area contributed by atoms with Gasteiger partial charge in [0.25, 0.3) is 0 Å². The van der Waals surface area contributed by atoms with Gasteiger partial charge in [-0.3, -0.25) is 0 Å². The molecule has 0 rings (SSSR count). The maximum atomic E-state index is 4.14. The quantitative estimate of drug-likeness (QED) is 0.642. The van der Waals surface area contributed by atoms with E-state index in [0.717, 1.165) is 18.4 Å². The number of hydrogen-bond donors (Lipinski definition) is 0. The maximum absolute atomic E-state index is 4.14. The van der Waals surface area contributed by atoms with Gasteiger partial charge in [0.1, 0.15) is 0 Å². The molecule has 2 unspecified atom stereocenters. The smallest absolute Gasteiger partial charge is 0.665 e. The molecular formula is C10H22NRb. The predicted molar refractivity (Wildman–Crippen MR) is 52.0 cm³/mol. The van der Waals surface area contributed by atoms with Crippen molar-refractivity contribution >= 4 is 0 Å². The SMILES string of the molecule is CCC(C)C(CC)CC[N-]C.[Rb+]. The van der Waals surface area contributed by atoms with Gasteiger partial charge in [-0.2, -0.15) is 7.05 Å². The van der Waals surface area contributed by atoms with Crippen molar-refractivity contribution in [2.75, 3.05) is 13.6 Å². The molecule has 0 saturated heterocycles. The molecule has 0 aliphatic heterocycles. The van der Waals surface area contributed by atoms with Crippen LogP contribution in [0.4, 0.5) is 0 Å².